The van der Waals surface area contributed by atoms with Gasteiger partial charge in [0.25, 0.3) is 0 Å². The predicted octanol–water partition coefficient (Wildman–Crippen LogP) is 2.36. The van der Waals surface area contributed by atoms with Gasteiger partial charge in [0.2, 0.25) is 0 Å². The Bertz CT molecular complexity index is 682. The van der Waals surface area contributed by atoms with Crippen LogP contribution in [0.3, 0.4) is 0 Å². The number of ether oxygens (including phenoxy) is 2. The maximum atomic E-state index is 10.5. The summed E-state index contributed by atoms with van der Waals surface area (Å²) in [5.74, 6) is 1.34. The maximum Gasteiger partial charge on any atom is 0.124 e. The molecule has 2 N–H and O–H groups in total. The van der Waals surface area contributed by atoms with Crippen molar-refractivity contribution in [3.8, 4) is 11.5 Å². The van der Waals surface area contributed by atoms with Crippen LogP contribution >= 0.6 is 0 Å². The molecule has 2 rings (SSSR count). The van der Waals surface area contributed by atoms with Gasteiger partial charge < -0.3 is 19.9 Å². The van der Waals surface area contributed by atoms with Gasteiger partial charge in [-0.15, -0.1) is 0 Å². The van der Waals surface area contributed by atoms with Crippen LogP contribution in [-0.4, -0.2) is 35.7 Å². The van der Waals surface area contributed by atoms with Crippen molar-refractivity contribution < 1.29 is 14.6 Å². The zero-order valence-electron chi connectivity index (χ0n) is 15.1. The van der Waals surface area contributed by atoms with Gasteiger partial charge in [-0.25, -0.2) is 0 Å². The zero-order valence-corrected chi connectivity index (χ0v) is 15.1. The number of rotatable bonds is 8. The van der Waals surface area contributed by atoms with Crippen molar-refractivity contribution in [2.24, 2.45) is 0 Å². The molecule has 0 aliphatic heterocycles. The lowest BCUT2D eigenvalue weighted by Gasteiger charge is -2.16. The van der Waals surface area contributed by atoms with Crippen molar-refractivity contribution in [2.45, 2.75) is 40.0 Å². The van der Waals surface area contributed by atoms with Crippen LogP contribution in [-0.2, 0) is 13.1 Å². The molecule has 0 spiro atoms. The number of nitrogens with one attached hydrogen (secondary N) is 1. The molecule has 0 fully saturated rings. The van der Waals surface area contributed by atoms with Gasteiger partial charge in [-0.1, -0.05) is 0 Å². The van der Waals surface area contributed by atoms with Crippen LogP contribution in [0.5, 0.6) is 11.5 Å². The Balaban J connectivity index is 2.03. The normalized spacial score (nSPS) is 12.2. The SMILES string of the molecule is CCn1nc(C)c(CNCC(O)c2cc(OC)ccc2OC)c1C. The number of nitrogens with zero attached hydrogens (tertiary/aromatic N) is 2. The van der Waals surface area contributed by atoms with E-state index in [1.807, 2.05) is 17.7 Å². The minimum atomic E-state index is -0.683. The summed E-state index contributed by atoms with van der Waals surface area (Å²) in [5, 5.41) is 18.3. The fourth-order valence-corrected chi connectivity index (χ4v) is 2.84. The van der Waals surface area contributed by atoms with Crippen LogP contribution in [0.2, 0.25) is 0 Å². The Morgan fingerprint density at radius 2 is 2.00 bits per heavy atom. The van der Waals surface area contributed by atoms with Crippen molar-refractivity contribution in [1.29, 1.82) is 0 Å². The number of aliphatic hydroxyl groups excluding tert-OH is 1. The van der Waals surface area contributed by atoms with E-state index in [-0.39, 0.29) is 0 Å². The third-order valence-corrected chi connectivity index (χ3v) is 4.27. The molecular weight excluding hydrogens is 306 g/mol. The third-order valence-electron chi connectivity index (χ3n) is 4.27. The van der Waals surface area contributed by atoms with Crippen molar-refractivity contribution in [2.75, 3.05) is 20.8 Å². The zero-order chi connectivity index (χ0) is 17.7. The van der Waals surface area contributed by atoms with Crippen LogP contribution in [0.15, 0.2) is 18.2 Å². The molecule has 0 radical (unpaired) electrons. The number of aromatic nitrogens is 2. The maximum absolute atomic E-state index is 10.5. The van der Waals surface area contributed by atoms with Gasteiger partial charge in [-0.05, 0) is 39.0 Å². The van der Waals surface area contributed by atoms with Crippen LogP contribution in [0, 0.1) is 13.8 Å². The highest BCUT2D eigenvalue weighted by Gasteiger charge is 2.16. The highest BCUT2D eigenvalue weighted by molar-refractivity contribution is 5.41. The fraction of sp³-hybridized carbons (Fsp3) is 0.500. The van der Waals surface area contributed by atoms with Crippen LogP contribution in [0.25, 0.3) is 0 Å². The minimum Gasteiger partial charge on any atom is -0.497 e. The molecule has 24 heavy (non-hydrogen) atoms. The minimum absolute atomic E-state index is 0.416. The van der Waals surface area contributed by atoms with Crippen LogP contribution in [0.1, 0.15) is 35.5 Å². The molecule has 1 heterocycles. The Kier molecular flexibility index (Phi) is 6.23. The van der Waals surface area contributed by atoms with Crippen molar-refractivity contribution in [3.05, 3.63) is 40.7 Å². The Labute approximate surface area is 143 Å². The average molecular weight is 333 g/mol. The van der Waals surface area contributed by atoms with E-state index in [1.165, 1.54) is 5.56 Å². The van der Waals surface area contributed by atoms with Gasteiger partial charge in [0.15, 0.2) is 0 Å². The summed E-state index contributed by atoms with van der Waals surface area (Å²) in [4.78, 5) is 0. The van der Waals surface area contributed by atoms with Gasteiger partial charge in [0.05, 0.1) is 26.0 Å². The number of hydrogen-bond acceptors (Lipinski definition) is 5. The van der Waals surface area contributed by atoms with E-state index >= 15 is 0 Å². The number of methoxy groups -OCH3 is 2. The molecule has 0 aliphatic carbocycles. The van der Waals surface area contributed by atoms with E-state index in [4.69, 9.17) is 9.47 Å². The molecule has 0 aliphatic rings. The average Bonchev–Trinajstić information content (AvgIpc) is 2.88. The molecule has 6 nitrogen and oxygen atoms in total. The van der Waals surface area contributed by atoms with Crippen LogP contribution < -0.4 is 14.8 Å². The number of aryl methyl sites for hydroxylation is 2. The molecule has 1 aromatic heterocycles. The first-order valence-corrected chi connectivity index (χ1v) is 8.15. The lowest BCUT2D eigenvalue weighted by molar-refractivity contribution is 0.169. The highest BCUT2D eigenvalue weighted by atomic mass is 16.5. The fourth-order valence-electron chi connectivity index (χ4n) is 2.84. The molecule has 0 amide bonds. The molecule has 0 saturated carbocycles. The van der Waals surface area contributed by atoms with Gasteiger partial charge in [-0.2, -0.15) is 5.10 Å². The van der Waals surface area contributed by atoms with Gasteiger partial charge in [-0.3, -0.25) is 4.68 Å². The highest BCUT2D eigenvalue weighted by Crippen LogP contribution is 2.29. The van der Waals surface area contributed by atoms with Crippen molar-refractivity contribution >= 4 is 0 Å². The number of benzene rings is 1. The molecule has 1 unspecified atom stereocenters. The predicted molar refractivity (Wildman–Crippen MR) is 93.6 cm³/mol. The standard InChI is InChI=1S/C18H27N3O3/c1-6-21-13(3)16(12(2)20-21)10-19-11-17(22)15-9-14(23-4)7-8-18(15)24-5/h7-9,17,19,22H,6,10-11H2,1-5H3. The lowest BCUT2D eigenvalue weighted by Crippen LogP contribution is -2.22. The van der Waals surface area contributed by atoms with E-state index in [1.54, 1.807) is 26.4 Å². The first-order valence-electron chi connectivity index (χ1n) is 8.15. The molecule has 1 aromatic carbocycles. The summed E-state index contributed by atoms with van der Waals surface area (Å²) >= 11 is 0. The molecule has 0 bridgehead atoms. The van der Waals surface area contributed by atoms with Crippen molar-refractivity contribution in [3.63, 3.8) is 0 Å². The molecule has 2 aromatic rings. The number of aliphatic hydroxyl groups is 1. The van der Waals surface area contributed by atoms with Gasteiger partial charge in [0.1, 0.15) is 11.5 Å². The van der Waals surface area contributed by atoms with Crippen molar-refractivity contribution in [1.82, 2.24) is 15.1 Å². The third kappa shape index (κ3) is 3.88. The first-order chi connectivity index (χ1) is 11.5. The summed E-state index contributed by atoms with van der Waals surface area (Å²) in [6.45, 7) is 8.10. The summed E-state index contributed by atoms with van der Waals surface area (Å²) in [7, 11) is 3.20. The summed E-state index contributed by atoms with van der Waals surface area (Å²) in [5.41, 5.74) is 4.08. The Hall–Kier alpha value is -2.05. The second-order valence-corrected chi connectivity index (χ2v) is 5.72. The summed E-state index contributed by atoms with van der Waals surface area (Å²) < 4.78 is 12.6. The van der Waals surface area contributed by atoms with E-state index in [0.29, 0.717) is 30.2 Å². The van der Waals surface area contributed by atoms with Gasteiger partial charge in [0, 0.05) is 36.5 Å². The molecule has 132 valence electrons. The van der Waals surface area contributed by atoms with E-state index in [9.17, 15) is 5.11 Å². The quantitative estimate of drug-likeness (QED) is 0.776. The second kappa shape index (κ2) is 8.17. The first kappa shape index (κ1) is 18.3. The largest absolute Gasteiger partial charge is 0.497 e. The molecular formula is C18H27N3O3. The molecule has 1 atom stereocenters. The second-order valence-electron chi connectivity index (χ2n) is 5.72. The molecule has 6 heteroatoms. The Morgan fingerprint density at radius 1 is 1.25 bits per heavy atom. The topological polar surface area (TPSA) is 68.5 Å². The van der Waals surface area contributed by atoms with Crippen LogP contribution in [0.4, 0.5) is 0 Å². The van der Waals surface area contributed by atoms with Gasteiger partial charge >= 0.3 is 0 Å². The Morgan fingerprint density at radius 3 is 2.58 bits per heavy atom. The molecule has 0 saturated heterocycles. The number of hydrogen-bond donors (Lipinski definition) is 2. The van der Waals surface area contributed by atoms with E-state index in [2.05, 4.69) is 24.3 Å². The summed E-state index contributed by atoms with van der Waals surface area (Å²) in [6, 6.07) is 5.42. The monoisotopic (exact) mass is 333 g/mol. The lowest BCUT2D eigenvalue weighted by atomic mass is 10.1. The summed E-state index contributed by atoms with van der Waals surface area (Å²) in [6.07, 6.45) is -0.683. The smallest absolute Gasteiger partial charge is 0.124 e. The van der Waals surface area contributed by atoms with E-state index < -0.39 is 6.10 Å². The van der Waals surface area contributed by atoms with E-state index in [0.717, 1.165) is 17.9 Å².